The van der Waals surface area contributed by atoms with Crippen LogP contribution in [0.3, 0.4) is 0 Å². The van der Waals surface area contributed by atoms with Crippen LogP contribution in [0.5, 0.6) is 0 Å². The molecule has 0 aliphatic carbocycles. The van der Waals surface area contributed by atoms with Crippen molar-refractivity contribution in [2.45, 2.75) is 46.4 Å². The fourth-order valence-corrected chi connectivity index (χ4v) is 3.66. The molecular weight excluding hydrogens is 457 g/mol. The smallest absolute Gasteiger partial charge is 0.191 e. The molecule has 0 fully saturated rings. The van der Waals surface area contributed by atoms with Gasteiger partial charge in [0.15, 0.2) is 5.96 Å². The van der Waals surface area contributed by atoms with E-state index in [1.165, 1.54) is 20.9 Å². The average Bonchev–Trinajstić information content (AvgIpc) is 3.02. The molecule has 1 atom stereocenters. The van der Waals surface area contributed by atoms with Crippen molar-refractivity contribution in [2.75, 3.05) is 13.7 Å². The van der Waals surface area contributed by atoms with Gasteiger partial charge in [0.2, 0.25) is 0 Å². The van der Waals surface area contributed by atoms with E-state index in [0.717, 1.165) is 25.5 Å². The second-order valence-corrected chi connectivity index (χ2v) is 7.47. The summed E-state index contributed by atoms with van der Waals surface area (Å²) in [4.78, 5) is 7.10. The van der Waals surface area contributed by atoms with Crippen molar-refractivity contribution < 1.29 is 4.74 Å². The zero-order valence-electron chi connectivity index (χ0n) is 16.0. The number of nitrogens with one attached hydrogen (secondary N) is 2. The molecule has 0 amide bonds. The number of aryl methyl sites for hydroxylation is 1. The lowest BCUT2D eigenvalue weighted by Gasteiger charge is -2.18. The summed E-state index contributed by atoms with van der Waals surface area (Å²) in [6.07, 6.45) is 1.00. The van der Waals surface area contributed by atoms with E-state index < -0.39 is 0 Å². The van der Waals surface area contributed by atoms with E-state index in [1.54, 1.807) is 0 Å². The van der Waals surface area contributed by atoms with Crippen molar-refractivity contribution in [3.63, 3.8) is 0 Å². The van der Waals surface area contributed by atoms with E-state index in [-0.39, 0.29) is 24.0 Å². The minimum absolute atomic E-state index is 0. The van der Waals surface area contributed by atoms with Crippen molar-refractivity contribution in [3.05, 3.63) is 57.3 Å². The van der Waals surface area contributed by atoms with Gasteiger partial charge >= 0.3 is 0 Å². The average molecular weight is 487 g/mol. The van der Waals surface area contributed by atoms with Crippen molar-refractivity contribution in [1.82, 2.24) is 10.6 Å². The second-order valence-electron chi connectivity index (χ2n) is 6.09. The molecule has 4 nitrogen and oxygen atoms in total. The Hall–Kier alpha value is -1.12. The summed E-state index contributed by atoms with van der Waals surface area (Å²) < 4.78 is 5.55. The Kier molecular flexibility index (Phi) is 10.8. The first-order valence-electron chi connectivity index (χ1n) is 8.79. The van der Waals surface area contributed by atoms with Crippen LogP contribution >= 0.6 is 35.3 Å². The second kappa shape index (κ2) is 12.3. The Morgan fingerprint density at radius 3 is 2.54 bits per heavy atom. The van der Waals surface area contributed by atoms with Crippen LogP contribution in [0.2, 0.25) is 0 Å². The molecule has 0 aliphatic heterocycles. The van der Waals surface area contributed by atoms with Crippen LogP contribution in [0.4, 0.5) is 0 Å². The van der Waals surface area contributed by atoms with Crippen molar-refractivity contribution in [2.24, 2.45) is 4.99 Å². The molecule has 2 aromatic rings. The van der Waals surface area contributed by atoms with Gasteiger partial charge in [0.25, 0.3) is 0 Å². The number of halogens is 1. The molecule has 1 aromatic heterocycles. The third kappa shape index (κ3) is 7.63. The van der Waals surface area contributed by atoms with Crippen LogP contribution in [0.1, 0.15) is 34.7 Å². The number of ether oxygens (including phenoxy) is 1. The molecule has 26 heavy (non-hydrogen) atoms. The van der Waals surface area contributed by atoms with E-state index in [0.29, 0.717) is 12.6 Å². The SMILES string of the molecule is CCOCc1ccccc1CNC(=NC)NC(C)Cc1ccc(C)s1.I. The van der Waals surface area contributed by atoms with E-state index >= 15 is 0 Å². The van der Waals surface area contributed by atoms with E-state index in [4.69, 9.17) is 4.74 Å². The Morgan fingerprint density at radius 2 is 1.92 bits per heavy atom. The number of aliphatic imine (C=N–C) groups is 1. The lowest BCUT2D eigenvalue weighted by molar-refractivity contribution is 0.133. The van der Waals surface area contributed by atoms with Gasteiger partial charge in [0.1, 0.15) is 0 Å². The van der Waals surface area contributed by atoms with Gasteiger partial charge in [-0.25, -0.2) is 0 Å². The number of hydrogen-bond donors (Lipinski definition) is 2. The highest BCUT2D eigenvalue weighted by Crippen LogP contribution is 2.16. The molecule has 0 aliphatic rings. The summed E-state index contributed by atoms with van der Waals surface area (Å²) in [5.41, 5.74) is 2.45. The molecule has 0 radical (unpaired) electrons. The molecule has 1 heterocycles. The maximum absolute atomic E-state index is 5.55. The normalized spacial score (nSPS) is 12.4. The van der Waals surface area contributed by atoms with Crippen LogP contribution < -0.4 is 10.6 Å². The fraction of sp³-hybridized carbons (Fsp3) is 0.450. The molecule has 0 bridgehead atoms. The maximum atomic E-state index is 5.55. The van der Waals surface area contributed by atoms with Crippen molar-refractivity contribution in [1.29, 1.82) is 0 Å². The predicted octanol–water partition coefficient (Wildman–Crippen LogP) is 4.51. The molecule has 2 N–H and O–H groups in total. The van der Waals surface area contributed by atoms with Crippen molar-refractivity contribution >= 4 is 41.3 Å². The maximum Gasteiger partial charge on any atom is 0.191 e. The molecule has 0 saturated carbocycles. The number of nitrogens with zero attached hydrogens (tertiary/aromatic N) is 1. The van der Waals surface area contributed by atoms with Gasteiger partial charge in [-0.05, 0) is 44.0 Å². The highest BCUT2D eigenvalue weighted by molar-refractivity contribution is 14.0. The molecule has 1 unspecified atom stereocenters. The third-order valence-corrected chi connectivity index (χ3v) is 4.96. The fourth-order valence-electron chi connectivity index (χ4n) is 2.64. The third-order valence-electron chi connectivity index (χ3n) is 3.94. The largest absolute Gasteiger partial charge is 0.377 e. The molecule has 144 valence electrons. The monoisotopic (exact) mass is 487 g/mol. The summed E-state index contributed by atoms with van der Waals surface area (Å²) in [5.74, 6) is 0.826. The van der Waals surface area contributed by atoms with Gasteiger partial charge in [-0.15, -0.1) is 35.3 Å². The number of thiophene rings is 1. The van der Waals surface area contributed by atoms with E-state index in [2.05, 4.69) is 65.9 Å². The number of hydrogen-bond acceptors (Lipinski definition) is 3. The lowest BCUT2D eigenvalue weighted by atomic mass is 10.1. The topological polar surface area (TPSA) is 45.6 Å². The zero-order chi connectivity index (χ0) is 18.1. The predicted molar refractivity (Wildman–Crippen MR) is 123 cm³/mol. The molecule has 1 aromatic carbocycles. The molecule has 0 spiro atoms. The quantitative estimate of drug-likeness (QED) is 0.327. The van der Waals surface area contributed by atoms with Crippen LogP contribution in [0.25, 0.3) is 0 Å². The first kappa shape index (κ1) is 22.9. The van der Waals surface area contributed by atoms with Crippen LogP contribution in [-0.2, 0) is 24.3 Å². The van der Waals surface area contributed by atoms with E-state index in [9.17, 15) is 0 Å². The molecule has 6 heteroatoms. The van der Waals surface area contributed by atoms with Gasteiger partial charge in [0.05, 0.1) is 6.61 Å². The Balaban J connectivity index is 0.00000338. The summed E-state index contributed by atoms with van der Waals surface area (Å²) in [6, 6.07) is 13.1. The molecular formula is C20H30IN3OS. The zero-order valence-corrected chi connectivity index (χ0v) is 19.2. The Morgan fingerprint density at radius 1 is 1.19 bits per heavy atom. The Labute approximate surface area is 178 Å². The number of guanidine groups is 1. The Bertz CT molecular complexity index is 687. The summed E-state index contributed by atoms with van der Waals surface area (Å²) in [6.45, 7) is 8.45. The minimum Gasteiger partial charge on any atom is -0.377 e. The van der Waals surface area contributed by atoms with Crippen LogP contribution in [0, 0.1) is 6.92 Å². The van der Waals surface area contributed by atoms with Gasteiger partial charge in [-0.2, -0.15) is 0 Å². The highest BCUT2D eigenvalue weighted by Gasteiger charge is 2.09. The highest BCUT2D eigenvalue weighted by atomic mass is 127. The van der Waals surface area contributed by atoms with Gasteiger partial charge in [-0.1, -0.05) is 24.3 Å². The number of rotatable bonds is 8. The van der Waals surface area contributed by atoms with Crippen molar-refractivity contribution in [3.8, 4) is 0 Å². The van der Waals surface area contributed by atoms with Gasteiger partial charge < -0.3 is 15.4 Å². The molecule has 0 saturated heterocycles. The first-order chi connectivity index (χ1) is 12.1. The standard InChI is InChI=1S/C20H29N3OS.HI/c1-5-24-14-18-9-7-6-8-17(18)13-22-20(21-4)23-15(2)12-19-11-10-16(3)25-19;/h6-11,15H,5,12-14H2,1-4H3,(H2,21,22,23);1H. The first-order valence-corrected chi connectivity index (χ1v) is 9.61. The lowest BCUT2D eigenvalue weighted by Crippen LogP contribution is -2.42. The minimum atomic E-state index is 0. The van der Waals surface area contributed by atoms with E-state index in [1.807, 2.05) is 25.3 Å². The summed E-state index contributed by atoms with van der Waals surface area (Å²) >= 11 is 1.86. The summed E-state index contributed by atoms with van der Waals surface area (Å²) in [5, 5.41) is 6.88. The van der Waals surface area contributed by atoms with Gasteiger partial charge in [-0.3, -0.25) is 4.99 Å². The van der Waals surface area contributed by atoms with Crippen LogP contribution in [0.15, 0.2) is 41.4 Å². The van der Waals surface area contributed by atoms with Gasteiger partial charge in [0, 0.05) is 42.4 Å². The summed E-state index contributed by atoms with van der Waals surface area (Å²) in [7, 11) is 1.81. The number of benzene rings is 1. The van der Waals surface area contributed by atoms with Crippen LogP contribution in [-0.4, -0.2) is 25.7 Å². The molecule has 2 rings (SSSR count).